The van der Waals surface area contributed by atoms with E-state index in [0.717, 1.165) is 3.57 Å². The predicted octanol–water partition coefficient (Wildman–Crippen LogP) is 1.04. The van der Waals surface area contributed by atoms with Crippen LogP contribution in [0.15, 0.2) is 24.3 Å². The molecule has 0 heterocycles. The van der Waals surface area contributed by atoms with Crippen LogP contribution < -0.4 is 5.48 Å². The SMILES string of the molecule is O=C(O)CONC(=O)c1ccccc1I. The Morgan fingerprint density at radius 3 is 2.67 bits per heavy atom. The van der Waals surface area contributed by atoms with Crippen molar-refractivity contribution in [3.05, 3.63) is 33.4 Å². The Balaban J connectivity index is 2.54. The lowest BCUT2D eigenvalue weighted by molar-refractivity contribution is -0.144. The van der Waals surface area contributed by atoms with Gasteiger partial charge in [0.05, 0.1) is 5.56 Å². The van der Waals surface area contributed by atoms with Crippen molar-refractivity contribution in [3.8, 4) is 0 Å². The standard InChI is InChI=1S/C9H8INO4/c10-7-4-2-1-3-6(7)9(14)11-15-5-8(12)13/h1-4H,5H2,(H,11,14)(H,12,13). The third-order valence-electron chi connectivity index (χ3n) is 1.48. The number of aliphatic carboxylic acids is 1. The summed E-state index contributed by atoms with van der Waals surface area (Å²) in [6.07, 6.45) is 0. The zero-order valence-corrected chi connectivity index (χ0v) is 9.72. The summed E-state index contributed by atoms with van der Waals surface area (Å²) < 4.78 is 0.770. The molecule has 1 rings (SSSR count). The number of halogens is 1. The van der Waals surface area contributed by atoms with Crippen molar-refractivity contribution in [3.63, 3.8) is 0 Å². The normalized spacial score (nSPS) is 9.67. The fraction of sp³-hybridized carbons (Fsp3) is 0.111. The summed E-state index contributed by atoms with van der Waals surface area (Å²) in [5, 5.41) is 8.27. The zero-order valence-electron chi connectivity index (χ0n) is 7.57. The van der Waals surface area contributed by atoms with Gasteiger partial charge < -0.3 is 5.11 Å². The molecule has 0 aromatic heterocycles. The average molecular weight is 321 g/mol. The largest absolute Gasteiger partial charge is 0.479 e. The lowest BCUT2D eigenvalue weighted by Gasteiger charge is -2.04. The first-order valence-corrected chi connectivity index (χ1v) is 5.07. The molecule has 5 nitrogen and oxygen atoms in total. The van der Waals surface area contributed by atoms with E-state index >= 15 is 0 Å². The van der Waals surface area contributed by atoms with Crippen LogP contribution in [0, 0.1) is 3.57 Å². The van der Waals surface area contributed by atoms with Gasteiger partial charge in [-0.1, -0.05) is 12.1 Å². The summed E-state index contributed by atoms with van der Waals surface area (Å²) in [7, 11) is 0. The highest BCUT2D eigenvalue weighted by atomic mass is 127. The first kappa shape index (κ1) is 11.9. The lowest BCUT2D eigenvalue weighted by atomic mass is 10.2. The van der Waals surface area contributed by atoms with Crippen molar-refractivity contribution in [1.29, 1.82) is 0 Å². The molecule has 0 unspecified atom stereocenters. The molecule has 0 saturated carbocycles. The highest BCUT2D eigenvalue weighted by Crippen LogP contribution is 2.10. The molecule has 0 atom stereocenters. The minimum absolute atomic E-state index is 0.448. The molecule has 0 spiro atoms. The molecule has 0 aliphatic carbocycles. The van der Waals surface area contributed by atoms with E-state index in [1.165, 1.54) is 0 Å². The second-order valence-electron chi connectivity index (χ2n) is 2.59. The van der Waals surface area contributed by atoms with E-state index in [0.29, 0.717) is 5.56 Å². The van der Waals surface area contributed by atoms with Gasteiger partial charge in [0.15, 0.2) is 6.61 Å². The van der Waals surface area contributed by atoms with Crippen molar-refractivity contribution in [2.75, 3.05) is 6.61 Å². The van der Waals surface area contributed by atoms with E-state index in [2.05, 4.69) is 4.84 Å². The van der Waals surface area contributed by atoms with E-state index in [1.807, 2.05) is 28.1 Å². The van der Waals surface area contributed by atoms with Crippen molar-refractivity contribution in [2.24, 2.45) is 0 Å². The van der Waals surface area contributed by atoms with Gasteiger partial charge in [0.2, 0.25) is 0 Å². The van der Waals surface area contributed by atoms with Crippen LogP contribution in [0.2, 0.25) is 0 Å². The molecule has 0 aliphatic heterocycles. The van der Waals surface area contributed by atoms with Crippen molar-refractivity contribution < 1.29 is 19.5 Å². The molecule has 15 heavy (non-hydrogen) atoms. The van der Waals surface area contributed by atoms with Gasteiger partial charge in [-0.05, 0) is 34.7 Å². The topological polar surface area (TPSA) is 75.6 Å². The Labute approximate surface area is 99.5 Å². The molecule has 80 valence electrons. The summed E-state index contributed by atoms with van der Waals surface area (Å²) >= 11 is 2.01. The molecule has 6 heteroatoms. The number of nitrogens with one attached hydrogen (secondary N) is 1. The quantitative estimate of drug-likeness (QED) is 0.642. The van der Waals surface area contributed by atoms with E-state index in [9.17, 15) is 9.59 Å². The minimum Gasteiger partial charge on any atom is -0.479 e. The Bertz CT molecular complexity index is 380. The van der Waals surface area contributed by atoms with Crippen molar-refractivity contribution >= 4 is 34.5 Å². The smallest absolute Gasteiger partial charge is 0.332 e. The molecule has 1 aromatic carbocycles. The van der Waals surface area contributed by atoms with E-state index in [4.69, 9.17) is 5.11 Å². The highest BCUT2D eigenvalue weighted by molar-refractivity contribution is 14.1. The zero-order chi connectivity index (χ0) is 11.3. The third kappa shape index (κ3) is 3.84. The number of amides is 1. The molecule has 1 aromatic rings. The molecule has 0 aliphatic rings. The van der Waals surface area contributed by atoms with Crippen LogP contribution in [0.25, 0.3) is 0 Å². The summed E-state index contributed by atoms with van der Waals surface area (Å²) in [6.45, 7) is -0.560. The van der Waals surface area contributed by atoms with Crippen LogP contribution >= 0.6 is 22.6 Å². The average Bonchev–Trinajstić information content (AvgIpc) is 2.17. The van der Waals surface area contributed by atoms with Gasteiger partial charge in [0, 0.05) is 3.57 Å². The molecule has 1 amide bonds. The van der Waals surface area contributed by atoms with Gasteiger partial charge in [-0.25, -0.2) is 10.3 Å². The van der Waals surface area contributed by atoms with Gasteiger partial charge in [0.25, 0.3) is 5.91 Å². The predicted molar refractivity (Wildman–Crippen MR) is 60.2 cm³/mol. The number of hydroxylamine groups is 1. The Kier molecular flexibility index (Phi) is 4.50. The van der Waals surface area contributed by atoms with Crippen molar-refractivity contribution in [2.45, 2.75) is 0 Å². The van der Waals surface area contributed by atoms with Crippen LogP contribution in [0.3, 0.4) is 0 Å². The molecule has 0 radical (unpaired) electrons. The Morgan fingerprint density at radius 2 is 2.07 bits per heavy atom. The number of carboxylic acid groups (broad SMARTS) is 1. The van der Waals surface area contributed by atoms with E-state index in [-0.39, 0.29) is 0 Å². The number of carbonyl (C=O) groups is 2. The minimum atomic E-state index is -1.14. The molecule has 2 N–H and O–H groups in total. The van der Waals surface area contributed by atoms with Gasteiger partial charge in [-0.2, -0.15) is 0 Å². The Hall–Kier alpha value is -1.15. The molecule has 0 bridgehead atoms. The molecule has 0 saturated heterocycles. The number of carboxylic acids is 1. The van der Waals surface area contributed by atoms with Gasteiger partial charge in [-0.3, -0.25) is 9.63 Å². The second-order valence-corrected chi connectivity index (χ2v) is 3.76. The summed E-state index contributed by atoms with van der Waals surface area (Å²) in [6, 6.07) is 6.92. The monoisotopic (exact) mass is 321 g/mol. The lowest BCUT2D eigenvalue weighted by Crippen LogP contribution is -2.27. The summed E-state index contributed by atoms with van der Waals surface area (Å²) in [5.41, 5.74) is 2.49. The van der Waals surface area contributed by atoms with Crippen LogP contribution in [0.1, 0.15) is 10.4 Å². The van der Waals surface area contributed by atoms with Gasteiger partial charge in [-0.15, -0.1) is 0 Å². The maximum Gasteiger partial charge on any atom is 0.332 e. The summed E-state index contributed by atoms with van der Waals surface area (Å²) in [5.74, 6) is -1.60. The number of hydrogen-bond acceptors (Lipinski definition) is 3. The molecular formula is C9H8INO4. The first-order valence-electron chi connectivity index (χ1n) is 3.99. The molecule has 0 fully saturated rings. The van der Waals surface area contributed by atoms with Crippen LogP contribution in [-0.2, 0) is 9.63 Å². The van der Waals surface area contributed by atoms with E-state index < -0.39 is 18.5 Å². The summed E-state index contributed by atoms with van der Waals surface area (Å²) in [4.78, 5) is 26.0. The van der Waals surface area contributed by atoms with E-state index in [1.54, 1.807) is 24.3 Å². The van der Waals surface area contributed by atoms with Crippen LogP contribution in [0.5, 0.6) is 0 Å². The van der Waals surface area contributed by atoms with Crippen LogP contribution in [0.4, 0.5) is 0 Å². The maximum atomic E-state index is 11.4. The van der Waals surface area contributed by atoms with Gasteiger partial charge in [0.1, 0.15) is 0 Å². The maximum absolute atomic E-state index is 11.4. The first-order chi connectivity index (χ1) is 7.11. The fourth-order valence-electron chi connectivity index (χ4n) is 0.864. The number of hydrogen-bond donors (Lipinski definition) is 2. The second kappa shape index (κ2) is 5.66. The molecular weight excluding hydrogens is 313 g/mol. The Morgan fingerprint density at radius 1 is 1.40 bits per heavy atom. The highest BCUT2D eigenvalue weighted by Gasteiger charge is 2.09. The third-order valence-corrected chi connectivity index (χ3v) is 2.42. The number of carbonyl (C=O) groups excluding carboxylic acids is 1. The van der Waals surface area contributed by atoms with Crippen molar-refractivity contribution in [1.82, 2.24) is 5.48 Å². The van der Waals surface area contributed by atoms with Crippen LogP contribution in [-0.4, -0.2) is 23.6 Å². The fourth-order valence-corrected chi connectivity index (χ4v) is 1.50. The number of rotatable bonds is 4. The van der Waals surface area contributed by atoms with Gasteiger partial charge >= 0.3 is 5.97 Å². The number of benzene rings is 1.